The van der Waals surface area contributed by atoms with Crippen molar-refractivity contribution in [2.45, 2.75) is 39.7 Å². The largest absolute Gasteiger partial charge is 0.449 e. The van der Waals surface area contributed by atoms with Gasteiger partial charge in [0, 0.05) is 19.1 Å². The molecule has 1 aliphatic rings. The SMILES string of the molecule is CC(C)COC(=O)N1CCC(C(C)N)CC1. The molecule has 94 valence electrons. The molecule has 4 nitrogen and oxygen atoms in total. The van der Waals surface area contributed by atoms with Crippen LogP contribution in [-0.4, -0.2) is 36.7 Å². The molecule has 0 saturated carbocycles. The van der Waals surface area contributed by atoms with Crippen LogP contribution in [0.15, 0.2) is 0 Å². The molecular formula is C12H24N2O2. The molecule has 1 unspecified atom stereocenters. The quantitative estimate of drug-likeness (QED) is 0.802. The maximum atomic E-state index is 11.7. The number of nitrogens with zero attached hydrogens (tertiary/aromatic N) is 1. The van der Waals surface area contributed by atoms with Crippen LogP contribution in [0, 0.1) is 11.8 Å². The predicted octanol–water partition coefficient (Wildman–Crippen LogP) is 1.84. The van der Waals surface area contributed by atoms with Crippen LogP contribution in [0.5, 0.6) is 0 Å². The molecule has 1 rings (SSSR count). The van der Waals surface area contributed by atoms with Gasteiger partial charge in [0.1, 0.15) is 0 Å². The summed E-state index contributed by atoms with van der Waals surface area (Å²) in [5.41, 5.74) is 5.85. The van der Waals surface area contributed by atoms with E-state index in [2.05, 4.69) is 0 Å². The van der Waals surface area contributed by atoms with E-state index in [1.807, 2.05) is 20.8 Å². The van der Waals surface area contributed by atoms with Crippen LogP contribution >= 0.6 is 0 Å². The predicted molar refractivity (Wildman–Crippen MR) is 64.1 cm³/mol. The molecule has 0 aromatic carbocycles. The molecule has 1 atom stereocenters. The third-order valence-electron chi connectivity index (χ3n) is 3.08. The third-order valence-corrected chi connectivity index (χ3v) is 3.08. The smallest absolute Gasteiger partial charge is 0.409 e. The number of piperidine rings is 1. The molecule has 1 fully saturated rings. The van der Waals surface area contributed by atoms with Gasteiger partial charge in [0.05, 0.1) is 6.61 Å². The van der Waals surface area contributed by atoms with Crippen LogP contribution in [-0.2, 0) is 4.74 Å². The van der Waals surface area contributed by atoms with Crippen molar-refractivity contribution < 1.29 is 9.53 Å². The van der Waals surface area contributed by atoms with Crippen LogP contribution in [0.3, 0.4) is 0 Å². The Balaban J connectivity index is 2.27. The minimum absolute atomic E-state index is 0.170. The summed E-state index contributed by atoms with van der Waals surface area (Å²) in [5, 5.41) is 0. The number of ether oxygens (including phenoxy) is 1. The minimum atomic E-state index is -0.170. The van der Waals surface area contributed by atoms with Crippen LogP contribution in [0.4, 0.5) is 4.79 Å². The van der Waals surface area contributed by atoms with Gasteiger partial charge in [-0.25, -0.2) is 4.79 Å². The Morgan fingerprint density at radius 3 is 2.38 bits per heavy atom. The maximum absolute atomic E-state index is 11.7. The highest BCUT2D eigenvalue weighted by Crippen LogP contribution is 2.19. The summed E-state index contributed by atoms with van der Waals surface area (Å²) in [7, 11) is 0. The monoisotopic (exact) mass is 228 g/mol. The minimum Gasteiger partial charge on any atom is -0.449 e. The Labute approximate surface area is 98.1 Å². The fraction of sp³-hybridized carbons (Fsp3) is 0.917. The van der Waals surface area contributed by atoms with Crippen molar-refractivity contribution in [1.82, 2.24) is 4.90 Å². The van der Waals surface area contributed by atoms with Crippen molar-refractivity contribution >= 4 is 6.09 Å². The van der Waals surface area contributed by atoms with Gasteiger partial charge in [-0.15, -0.1) is 0 Å². The Bertz CT molecular complexity index is 221. The first kappa shape index (κ1) is 13.3. The second-order valence-corrected chi connectivity index (χ2v) is 5.15. The molecule has 4 heteroatoms. The molecule has 0 aromatic heterocycles. The standard InChI is InChI=1S/C12H24N2O2/c1-9(2)8-16-12(15)14-6-4-11(5-7-14)10(3)13/h9-11H,4-8,13H2,1-3H3. The molecular weight excluding hydrogens is 204 g/mol. The molecule has 1 aliphatic heterocycles. The van der Waals surface area contributed by atoms with E-state index in [4.69, 9.17) is 10.5 Å². The number of hydrogen-bond donors (Lipinski definition) is 1. The number of carbonyl (C=O) groups is 1. The molecule has 2 N–H and O–H groups in total. The Morgan fingerprint density at radius 1 is 1.38 bits per heavy atom. The molecule has 0 bridgehead atoms. The van der Waals surface area contributed by atoms with Crippen LogP contribution in [0.1, 0.15) is 33.6 Å². The van der Waals surface area contributed by atoms with E-state index in [0.29, 0.717) is 18.4 Å². The molecule has 0 radical (unpaired) electrons. The van der Waals surface area contributed by atoms with Crippen molar-refractivity contribution in [2.24, 2.45) is 17.6 Å². The maximum Gasteiger partial charge on any atom is 0.409 e. The summed E-state index contributed by atoms with van der Waals surface area (Å²) in [6, 6.07) is 0.230. The summed E-state index contributed by atoms with van der Waals surface area (Å²) >= 11 is 0. The zero-order valence-electron chi connectivity index (χ0n) is 10.6. The second-order valence-electron chi connectivity index (χ2n) is 5.15. The first-order chi connectivity index (χ1) is 7.50. The van der Waals surface area contributed by atoms with Crippen molar-refractivity contribution in [3.05, 3.63) is 0 Å². The van der Waals surface area contributed by atoms with Gasteiger partial charge < -0.3 is 15.4 Å². The van der Waals surface area contributed by atoms with E-state index in [1.165, 1.54) is 0 Å². The molecule has 1 amide bonds. The fourth-order valence-corrected chi connectivity index (χ4v) is 1.94. The molecule has 0 aliphatic carbocycles. The molecule has 1 heterocycles. The van der Waals surface area contributed by atoms with Gasteiger partial charge in [0.15, 0.2) is 0 Å². The lowest BCUT2D eigenvalue weighted by Gasteiger charge is -2.33. The van der Waals surface area contributed by atoms with Crippen molar-refractivity contribution in [3.63, 3.8) is 0 Å². The van der Waals surface area contributed by atoms with E-state index in [1.54, 1.807) is 4.90 Å². The van der Waals surface area contributed by atoms with Crippen LogP contribution < -0.4 is 5.73 Å². The van der Waals surface area contributed by atoms with Crippen LogP contribution in [0.25, 0.3) is 0 Å². The van der Waals surface area contributed by atoms with Crippen molar-refractivity contribution in [1.29, 1.82) is 0 Å². The molecule has 0 aromatic rings. The summed E-state index contributed by atoms with van der Waals surface area (Å²) < 4.78 is 5.19. The average molecular weight is 228 g/mol. The van der Waals surface area contributed by atoms with Gasteiger partial charge >= 0.3 is 6.09 Å². The number of rotatable bonds is 3. The summed E-state index contributed by atoms with van der Waals surface area (Å²) in [6.07, 6.45) is 1.82. The van der Waals surface area contributed by atoms with Crippen molar-refractivity contribution in [2.75, 3.05) is 19.7 Å². The van der Waals surface area contributed by atoms with Gasteiger partial charge in [-0.3, -0.25) is 0 Å². The third kappa shape index (κ3) is 4.00. The van der Waals surface area contributed by atoms with Gasteiger partial charge in [-0.1, -0.05) is 13.8 Å². The number of likely N-dealkylation sites (tertiary alicyclic amines) is 1. The Hall–Kier alpha value is -0.770. The molecule has 16 heavy (non-hydrogen) atoms. The van der Waals surface area contributed by atoms with E-state index in [-0.39, 0.29) is 12.1 Å². The second kappa shape index (κ2) is 6.09. The van der Waals surface area contributed by atoms with E-state index in [0.717, 1.165) is 25.9 Å². The lowest BCUT2D eigenvalue weighted by molar-refractivity contribution is 0.0772. The van der Waals surface area contributed by atoms with Gasteiger partial charge in [-0.2, -0.15) is 0 Å². The van der Waals surface area contributed by atoms with E-state index >= 15 is 0 Å². The average Bonchev–Trinajstić information content (AvgIpc) is 2.26. The summed E-state index contributed by atoms with van der Waals surface area (Å²) in [5.74, 6) is 0.944. The van der Waals surface area contributed by atoms with E-state index in [9.17, 15) is 4.79 Å². The normalized spacial score (nSPS) is 19.9. The number of hydrogen-bond acceptors (Lipinski definition) is 3. The van der Waals surface area contributed by atoms with Gasteiger partial charge in [0.2, 0.25) is 0 Å². The zero-order valence-corrected chi connectivity index (χ0v) is 10.6. The Kier molecular flexibility index (Phi) is 5.06. The highest BCUT2D eigenvalue weighted by atomic mass is 16.6. The van der Waals surface area contributed by atoms with E-state index < -0.39 is 0 Å². The van der Waals surface area contributed by atoms with Gasteiger partial charge in [-0.05, 0) is 31.6 Å². The Morgan fingerprint density at radius 2 is 1.94 bits per heavy atom. The molecule has 1 saturated heterocycles. The van der Waals surface area contributed by atoms with Crippen molar-refractivity contribution in [3.8, 4) is 0 Å². The van der Waals surface area contributed by atoms with Gasteiger partial charge in [0.25, 0.3) is 0 Å². The highest BCUT2D eigenvalue weighted by molar-refractivity contribution is 5.67. The topological polar surface area (TPSA) is 55.6 Å². The lowest BCUT2D eigenvalue weighted by atomic mass is 9.91. The first-order valence-corrected chi connectivity index (χ1v) is 6.18. The fourth-order valence-electron chi connectivity index (χ4n) is 1.94. The lowest BCUT2D eigenvalue weighted by Crippen LogP contribution is -2.43. The summed E-state index contributed by atoms with van der Waals surface area (Å²) in [6.45, 7) is 8.18. The highest BCUT2D eigenvalue weighted by Gasteiger charge is 2.25. The van der Waals surface area contributed by atoms with Crippen LogP contribution in [0.2, 0.25) is 0 Å². The summed E-state index contributed by atoms with van der Waals surface area (Å²) in [4.78, 5) is 13.4. The number of carbonyl (C=O) groups excluding carboxylic acids is 1. The first-order valence-electron chi connectivity index (χ1n) is 6.18. The molecule has 0 spiro atoms. The zero-order chi connectivity index (χ0) is 12.1. The number of nitrogens with two attached hydrogens (primary N) is 1. The number of amides is 1.